The number of aromatic nitrogens is 1. The number of para-hydroxylation sites is 2. The number of amides is 2. The van der Waals surface area contributed by atoms with Crippen molar-refractivity contribution in [3.05, 3.63) is 115 Å². The summed E-state index contributed by atoms with van der Waals surface area (Å²) in [5, 5.41) is 0. The molecule has 4 aromatic carbocycles. The van der Waals surface area contributed by atoms with Gasteiger partial charge in [-0.25, -0.2) is 18.3 Å². The first-order chi connectivity index (χ1) is 19.3. The third-order valence-electron chi connectivity index (χ3n) is 7.08. The largest absolute Gasteiger partial charge is 0.436 e. The zero-order valence-corrected chi connectivity index (χ0v) is 22.4. The number of rotatable bonds is 7. The van der Waals surface area contributed by atoms with Gasteiger partial charge in [-0.2, -0.15) is 4.31 Å². The van der Waals surface area contributed by atoms with Crippen LogP contribution in [0.2, 0.25) is 0 Å². The summed E-state index contributed by atoms with van der Waals surface area (Å²) in [6.07, 6.45) is -0.269. The van der Waals surface area contributed by atoms with Gasteiger partial charge in [0.25, 0.3) is 5.91 Å². The molecule has 5 aromatic rings. The van der Waals surface area contributed by atoms with E-state index in [0.29, 0.717) is 28.3 Å². The summed E-state index contributed by atoms with van der Waals surface area (Å²) in [4.78, 5) is 32.7. The first-order valence-electron chi connectivity index (χ1n) is 12.8. The van der Waals surface area contributed by atoms with Crippen LogP contribution in [0.5, 0.6) is 0 Å². The standard InChI is InChI=1S/C31H25N3O5S/c1-21(22-10-4-2-5-11-22)34(40(37,38)25-12-6-3-7-13-25)27-20-29(35)33(31(27)36)24-18-16-23(17-19-24)30-32-26-14-8-9-15-28(26)39-30/h2-19,21,27H,20H2,1H3. The fourth-order valence-corrected chi connectivity index (χ4v) is 6.86. The van der Waals surface area contributed by atoms with E-state index in [-0.39, 0.29) is 11.3 Å². The normalized spacial score (nSPS) is 16.6. The van der Waals surface area contributed by atoms with Crippen LogP contribution in [0, 0.1) is 0 Å². The van der Waals surface area contributed by atoms with Crippen LogP contribution in [0.1, 0.15) is 24.9 Å². The summed E-state index contributed by atoms with van der Waals surface area (Å²) in [5.41, 5.74) is 3.12. The van der Waals surface area contributed by atoms with E-state index in [1.54, 1.807) is 49.4 Å². The highest BCUT2D eigenvalue weighted by Gasteiger charge is 2.48. The number of oxazole rings is 1. The molecule has 0 radical (unpaired) electrons. The second kappa shape index (κ2) is 10.2. The van der Waals surface area contributed by atoms with Gasteiger partial charge in [0.1, 0.15) is 11.6 Å². The summed E-state index contributed by atoms with van der Waals surface area (Å²) >= 11 is 0. The molecule has 8 nitrogen and oxygen atoms in total. The molecular weight excluding hydrogens is 526 g/mol. The van der Waals surface area contributed by atoms with E-state index < -0.39 is 33.9 Å². The molecule has 9 heteroatoms. The molecule has 2 heterocycles. The van der Waals surface area contributed by atoms with Crippen molar-refractivity contribution in [2.45, 2.75) is 30.3 Å². The average molecular weight is 552 g/mol. The number of sulfonamides is 1. The van der Waals surface area contributed by atoms with Crippen molar-refractivity contribution in [3.63, 3.8) is 0 Å². The van der Waals surface area contributed by atoms with E-state index in [2.05, 4.69) is 4.98 Å². The Kier molecular flexibility index (Phi) is 6.53. The Morgan fingerprint density at radius 3 is 2.15 bits per heavy atom. The van der Waals surface area contributed by atoms with Gasteiger partial charge in [-0.15, -0.1) is 0 Å². The molecule has 0 bridgehead atoms. The number of fused-ring (bicyclic) bond motifs is 1. The van der Waals surface area contributed by atoms with Gasteiger partial charge in [-0.1, -0.05) is 60.7 Å². The second-order valence-electron chi connectivity index (χ2n) is 9.56. The molecule has 1 aliphatic heterocycles. The molecular formula is C31H25N3O5S. The zero-order chi connectivity index (χ0) is 27.9. The van der Waals surface area contributed by atoms with E-state index in [0.717, 1.165) is 10.4 Å². The summed E-state index contributed by atoms with van der Waals surface area (Å²) in [7, 11) is -4.14. The molecule has 6 rings (SSSR count). The lowest BCUT2D eigenvalue weighted by Gasteiger charge is -2.32. The fraction of sp³-hybridized carbons (Fsp3) is 0.129. The van der Waals surface area contributed by atoms with Gasteiger partial charge in [0.05, 0.1) is 17.0 Å². The molecule has 0 spiro atoms. The third kappa shape index (κ3) is 4.49. The van der Waals surface area contributed by atoms with Crippen LogP contribution >= 0.6 is 0 Å². The summed E-state index contributed by atoms with van der Waals surface area (Å²) in [5.74, 6) is -0.651. The molecule has 0 N–H and O–H groups in total. The minimum Gasteiger partial charge on any atom is -0.436 e. The monoisotopic (exact) mass is 551 g/mol. The fourth-order valence-electron chi connectivity index (χ4n) is 5.07. The molecule has 1 fully saturated rings. The van der Waals surface area contributed by atoms with E-state index >= 15 is 0 Å². The Labute approximate surface area is 231 Å². The van der Waals surface area contributed by atoms with E-state index in [4.69, 9.17) is 4.42 Å². The highest BCUT2D eigenvalue weighted by atomic mass is 32.2. The van der Waals surface area contributed by atoms with Crippen molar-refractivity contribution in [2.75, 3.05) is 4.90 Å². The molecule has 1 saturated heterocycles. The molecule has 0 aliphatic carbocycles. The van der Waals surface area contributed by atoms with Gasteiger partial charge in [-0.05, 0) is 61.0 Å². The number of carbonyl (C=O) groups excluding carboxylic acids is 2. The van der Waals surface area contributed by atoms with Gasteiger partial charge in [0.2, 0.25) is 21.8 Å². The molecule has 40 heavy (non-hydrogen) atoms. The maximum atomic E-state index is 13.9. The maximum absolute atomic E-state index is 13.9. The molecule has 0 saturated carbocycles. The van der Waals surface area contributed by atoms with Crippen LogP contribution in [-0.2, 0) is 19.6 Å². The van der Waals surface area contributed by atoms with Crippen LogP contribution in [0.3, 0.4) is 0 Å². The zero-order valence-electron chi connectivity index (χ0n) is 21.5. The second-order valence-corrected chi connectivity index (χ2v) is 11.4. The van der Waals surface area contributed by atoms with Crippen molar-refractivity contribution < 1.29 is 22.4 Å². The minimum atomic E-state index is -4.14. The van der Waals surface area contributed by atoms with Crippen molar-refractivity contribution in [3.8, 4) is 11.5 Å². The maximum Gasteiger partial charge on any atom is 0.252 e. The number of anilines is 1. The molecule has 2 atom stereocenters. The Hall–Kier alpha value is -4.60. The summed E-state index contributed by atoms with van der Waals surface area (Å²) < 4.78 is 34.9. The van der Waals surface area contributed by atoms with Crippen LogP contribution in [-0.4, -0.2) is 35.6 Å². The molecule has 2 unspecified atom stereocenters. The lowest BCUT2D eigenvalue weighted by molar-refractivity contribution is -0.122. The lowest BCUT2D eigenvalue weighted by atomic mass is 10.1. The van der Waals surface area contributed by atoms with Gasteiger partial charge < -0.3 is 4.42 Å². The topological polar surface area (TPSA) is 101 Å². The number of nitrogens with zero attached hydrogens (tertiary/aromatic N) is 3. The summed E-state index contributed by atoms with van der Waals surface area (Å²) in [6.45, 7) is 1.73. The van der Waals surface area contributed by atoms with E-state index in [1.165, 1.54) is 16.4 Å². The van der Waals surface area contributed by atoms with Crippen molar-refractivity contribution in [2.24, 2.45) is 0 Å². The third-order valence-corrected chi connectivity index (χ3v) is 9.07. The molecule has 200 valence electrons. The number of hydrogen-bond donors (Lipinski definition) is 0. The van der Waals surface area contributed by atoms with Crippen molar-refractivity contribution in [1.29, 1.82) is 0 Å². The molecule has 2 amide bonds. The predicted octanol–water partition coefficient (Wildman–Crippen LogP) is 5.58. The van der Waals surface area contributed by atoms with Crippen LogP contribution < -0.4 is 4.90 Å². The van der Waals surface area contributed by atoms with Gasteiger partial charge in [-0.3, -0.25) is 9.59 Å². The Morgan fingerprint density at radius 1 is 0.850 bits per heavy atom. The Morgan fingerprint density at radius 2 is 1.48 bits per heavy atom. The number of carbonyl (C=O) groups is 2. The predicted molar refractivity (Wildman–Crippen MR) is 151 cm³/mol. The van der Waals surface area contributed by atoms with Crippen LogP contribution in [0.25, 0.3) is 22.6 Å². The lowest BCUT2D eigenvalue weighted by Crippen LogP contribution is -2.46. The van der Waals surface area contributed by atoms with Gasteiger partial charge >= 0.3 is 0 Å². The highest BCUT2D eigenvalue weighted by Crippen LogP contribution is 2.36. The van der Waals surface area contributed by atoms with Gasteiger partial charge in [0, 0.05) is 11.6 Å². The highest BCUT2D eigenvalue weighted by molar-refractivity contribution is 7.89. The van der Waals surface area contributed by atoms with Gasteiger partial charge in [0.15, 0.2) is 5.58 Å². The quantitative estimate of drug-likeness (QED) is 0.245. The van der Waals surface area contributed by atoms with Crippen LogP contribution in [0.15, 0.2) is 119 Å². The number of hydrogen-bond acceptors (Lipinski definition) is 6. The first kappa shape index (κ1) is 25.7. The summed E-state index contributed by atoms with van der Waals surface area (Å²) in [6, 6.07) is 29.3. The Bertz CT molecular complexity index is 1770. The van der Waals surface area contributed by atoms with E-state index in [1.807, 2.05) is 54.6 Å². The van der Waals surface area contributed by atoms with Crippen molar-refractivity contribution in [1.82, 2.24) is 9.29 Å². The Balaban J connectivity index is 1.34. The smallest absolute Gasteiger partial charge is 0.252 e. The minimum absolute atomic E-state index is 0.0548. The SMILES string of the molecule is CC(c1ccccc1)N(C1CC(=O)N(c2ccc(-c3nc4ccccc4o3)cc2)C1=O)S(=O)(=O)c1ccccc1. The number of benzene rings is 4. The molecule has 1 aromatic heterocycles. The first-order valence-corrected chi connectivity index (χ1v) is 14.2. The average Bonchev–Trinajstić information content (AvgIpc) is 3.54. The van der Waals surface area contributed by atoms with Crippen LogP contribution in [0.4, 0.5) is 5.69 Å². The van der Waals surface area contributed by atoms with E-state index in [9.17, 15) is 18.0 Å². The molecule has 1 aliphatic rings. The van der Waals surface area contributed by atoms with Crippen molar-refractivity contribution >= 4 is 38.6 Å². The number of imide groups is 1.